The molecule has 0 fully saturated rings. The molecule has 0 spiro atoms. The smallest absolute Gasteiger partial charge is 0.250 e. The zero-order valence-electron chi connectivity index (χ0n) is 13.3. The molecule has 0 aliphatic heterocycles. The third-order valence-corrected chi connectivity index (χ3v) is 4.51. The number of methoxy groups -OCH3 is 1. The second-order valence-corrected chi connectivity index (χ2v) is 6.34. The van der Waals surface area contributed by atoms with Crippen LogP contribution in [-0.4, -0.2) is 23.2 Å². The SMILES string of the molecule is COc1ccccc1C=CC(=O)Nc1nnc(-c2ccccc2Cl)s1. The minimum Gasteiger partial charge on any atom is -0.496 e. The van der Waals surface area contributed by atoms with Crippen LogP contribution in [0.4, 0.5) is 5.13 Å². The Morgan fingerprint density at radius 2 is 1.92 bits per heavy atom. The number of carbonyl (C=O) groups excluding carboxylic acids is 1. The number of aromatic nitrogens is 2. The van der Waals surface area contributed by atoms with Crippen molar-refractivity contribution in [2.75, 3.05) is 12.4 Å². The van der Waals surface area contributed by atoms with Gasteiger partial charge in [0.25, 0.3) is 0 Å². The second kappa shape index (κ2) is 7.92. The molecule has 1 aromatic heterocycles. The molecule has 1 amide bonds. The number of nitrogens with zero attached hydrogens (tertiary/aromatic N) is 2. The first kappa shape index (κ1) is 17.1. The van der Waals surface area contributed by atoms with Gasteiger partial charge in [-0.15, -0.1) is 10.2 Å². The first-order chi connectivity index (χ1) is 12.2. The molecule has 0 aliphatic rings. The maximum atomic E-state index is 12.1. The first-order valence-electron chi connectivity index (χ1n) is 7.38. The Morgan fingerprint density at radius 1 is 1.16 bits per heavy atom. The van der Waals surface area contributed by atoms with Gasteiger partial charge in [-0.05, 0) is 18.2 Å². The van der Waals surface area contributed by atoms with Crippen molar-refractivity contribution in [1.29, 1.82) is 0 Å². The fourth-order valence-corrected chi connectivity index (χ4v) is 3.20. The standard InChI is InChI=1S/C18H14ClN3O2S/c1-24-15-9-5-2-6-12(15)10-11-16(23)20-18-22-21-17(25-18)13-7-3-4-8-14(13)19/h2-11H,1H3,(H,20,22,23). The van der Waals surface area contributed by atoms with E-state index in [0.717, 1.165) is 11.1 Å². The molecule has 5 nitrogen and oxygen atoms in total. The highest BCUT2D eigenvalue weighted by Crippen LogP contribution is 2.31. The van der Waals surface area contributed by atoms with Gasteiger partial charge in [-0.2, -0.15) is 0 Å². The molecule has 0 radical (unpaired) electrons. The quantitative estimate of drug-likeness (QED) is 0.670. The lowest BCUT2D eigenvalue weighted by atomic mass is 10.2. The summed E-state index contributed by atoms with van der Waals surface area (Å²) in [7, 11) is 1.59. The molecule has 0 bridgehead atoms. The van der Waals surface area contributed by atoms with Crippen LogP contribution in [0, 0.1) is 0 Å². The van der Waals surface area contributed by atoms with Crippen LogP contribution in [-0.2, 0) is 4.79 Å². The summed E-state index contributed by atoms with van der Waals surface area (Å²) in [4.78, 5) is 12.1. The van der Waals surface area contributed by atoms with E-state index in [1.54, 1.807) is 19.3 Å². The summed E-state index contributed by atoms with van der Waals surface area (Å²) in [6, 6.07) is 14.8. The molecule has 2 aromatic carbocycles. The van der Waals surface area contributed by atoms with Gasteiger partial charge in [-0.25, -0.2) is 0 Å². The summed E-state index contributed by atoms with van der Waals surface area (Å²) >= 11 is 7.41. The molecule has 3 rings (SSSR count). The number of rotatable bonds is 5. The maximum absolute atomic E-state index is 12.1. The molecule has 25 heavy (non-hydrogen) atoms. The third-order valence-electron chi connectivity index (χ3n) is 3.31. The van der Waals surface area contributed by atoms with Crippen molar-refractivity contribution >= 4 is 40.1 Å². The molecule has 1 N–H and O–H groups in total. The highest BCUT2D eigenvalue weighted by atomic mass is 35.5. The van der Waals surface area contributed by atoms with E-state index < -0.39 is 0 Å². The highest BCUT2D eigenvalue weighted by Gasteiger charge is 2.10. The van der Waals surface area contributed by atoms with E-state index in [0.29, 0.717) is 20.9 Å². The van der Waals surface area contributed by atoms with Gasteiger partial charge in [0, 0.05) is 17.2 Å². The number of hydrogen-bond acceptors (Lipinski definition) is 5. The van der Waals surface area contributed by atoms with Crippen LogP contribution < -0.4 is 10.1 Å². The van der Waals surface area contributed by atoms with E-state index in [9.17, 15) is 4.79 Å². The van der Waals surface area contributed by atoms with E-state index >= 15 is 0 Å². The van der Waals surface area contributed by atoms with Gasteiger partial charge in [0.2, 0.25) is 11.0 Å². The first-order valence-corrected chi connectivity index (χ1v) is 8.57. The molecular formula is C18H14ClN3O2S. The highest BCUT2D eigenvalue weighted by molar-refractivity contribution is 7.18. The number of halogens is 1. The number of para-hydroxylation sites is 1. The van der Waals surface area contributed by atoms with Crippen molar-refractivity contribution in [2.45, 2.75) is 0 Å². The van der Waals surface area contributed by atoms with Crippen LogP contribution in [0.25, 0.3) is 16.6 Å². The predicted octanol–water partition coefficient (Wildman–Crippen LogP) is 4.52. The molecule has 0 saturated heterocycles. The summed E-state index contributed by atoms with van der Waals surface area (Å²) in [5, 5.41) is 12.4. The monoisotopic (exact) mass is 371 g/mol. The van der Waals surface area contributed by atoms with Crippen LogP contribution in [0.5, 0.6) is 5.75 Å². The molecule has 0 aliphatic carbocycles. The average Bonchev–Trinajstić information content (AvgIpc) is 3.08. The van der Waals surface area contributed by atoms with Crippen molar-refractivity contribution in [3.8, 4) is 16.3 Å². The van der Waals surface area contributed by atoms with Crippen LogP contribution in [0.1, 0.15) is 5.56 Å². The number of nitrogens with one attached hydrogen (secondary N) is 1. The summed E-state index contributed by atoms with van der Waals surface area (Å²) in [6.07, 6.45) is 3.11. The number of benzene rings is 2. The van der Waals surface area contributed by atoms with E-state index in [1.807, 2.05) is 42.5 Å². The summed E-state index contributed by atoms with van der Waals surface area (Å²) in [5.41, 5.74) is 1.60. The molecular weight excluding hydrogens is 358 g/mol. The lowest BCUT2D eigenvalue weighted by Gasteiger charge is -2.03. The zero-order valence-corrected chi connectivity index (χ0v) is 14.8. The number of amides is 1. The van der Waals surface area contributed by atoms with Crippen LogP contribution in [0.3, 0.4) is 0 Å². The Hall–Kier alpha value is -2.70. The number of ether oxygens (including phenoxy) is 1. The minimum atomic E-state index is -0.298. The Labute approximate surface area is 153 Å². The molecule has 126 valence electrons. The van der Waals surface area contributed by atoms with Crippen molar-refractivity contribution in [3.63, 3.8) is 0 Å². The second-order valence-electron chi connectivity index (χ2n) is 4.96. The Morgan fingerprint density at radius 3 is 2.72 bits per heavy atom. The zero-order chi connectivity index (χ0) is 17.6. The minimum absolute atomic E-state index is 0.298. The topological polar surface area (TPSA) is 64.1 Å². The van der Waals surface area contributed by atoms with Gasteiger partial charge in [-0.1, -0.05) is 59.3 Å². The number of carbonyl (C=O) groups is 1. The maximum Gasteiger partial charge on any atom is 0.250 e. The van der Waals surface area contributed by atoms with Crippen molar-refractivity contribution in [3.05, 3.63) is 65.2 Å². The fourth-order valence-electron chi connectivity index (χ4n) is 2.13. The van der Waals surface area contributed by atoms with Gasteiger partial charge in [0.15, 0.2) is 5.01 Å². The average molecular weight is 372 g/mol. The van der Waals surface area contributed by atoms with Gasteiger partial charge >= 0.3 is 0 Å². The van der Waals surface area contributed by atoms with Crippen molar-refractivity contribution < 1.29 is 9.53 Å². The largest absolute Gasteiger partial charge is 0.496 e. The predicted molar refractivity (Wildman–Crippen MR) is 101 cm³/mol. The molecule has 7 heteroatoms. The molecule has 0 unspecified atom stereocenters. The van der Waals surface area contributed by atoms with E-state index in [-0.39, 0.29) is 5.91 Å². The molecule has 3 aromatic rings. The van der Waals surface area contributed by atoms with Gasteiger partial charge in [-0.3, -0.25) is 10.1 Å². The number of hydrogen-bond donors (Lipinski definition) is 1. The molecule has 1 heterocycles. The lowest BCUT2D eigenvalue weighted by Crippen LogP contribution is -2.07. The van der Waals surface area contributed by atoms with Crippen molar-refractivity contribution in [2.24, 2.45) is 0 Å². The van der Waals surface area contributed by atoms with Crippen LogP contribution in [0.15, 0.2) is 54.6 Å². The van der Waals surface area contributed by atoms with Crippen LogP contribution >= 0.6 is 22.9 Å². The van der Waals surface area contributed by atoms with E-state index in [1.165, 1.54) is 17.4 Å². The number of anilines is 1. The Bertz CT molecular complexity index is 924. The van der Waals surface area contributed by atoms with Crippen LogP contribution in [0.2, 0.25) is 5.02 Å². The summed E-state index contributed by atoms with van der Waals surface area (Å²) < 4.78 is 5.24. The van der Waals surface area contributed by atoms with E-state index in [2.05, 4.69) is 15.5 Å². The third kappa shape index (κ3) is 4.23. The fraction of sp³-hybridized carbons (Fsp3) is 0.0556. The van der Waals surface area contributed by atoms with Gasteiger partial charge in [0.05, 0.1) is 12.1 Å². The Kier molecular flexibility index (Phi) is 5.42. The van der Waals surface area contributed by atoms with Gasteiger partial charge in [0.1, 0.15) is 5.75 Å². The summed E-state index contributed by atoms with van der Waals surface area (Å²) in [5.74, 6) is 0.399. The normalized spacial score (nSPS) is 10.8. The molecule has 0 atom stereocenters. The van der Waals surface area contributed by atoms with Gasteiger partial charge < -0.3 is 4.74 Å². The molecule has 0 saturated carbocycles. The van der Waals surface area contributed by atoms with Crippen molar-refractivity contribution in [1.82, 2.24) is 10.2 Å². The Balaban J connectivity index is 1.70. The van der Waals surface area contributed by atoms with E-state index in [4.69, 9.17) is 16.3 Å². The lowest BCUT2D eigenvalue weighted by molar-refractivity contribution is -0.111. The summed E-state index contributed by atoms with van der Waals surface area (Å²) in [6.45, 7) is 0.